The Bertz CT molecular complexity index is 627. The van der Waals surface area contributed by atoms with Crippen LogP contribution in [-0.2, 0) is 24.2 Å². The molecule has 130 valence electrons. The number of hydrogen-bond donors (Lipinski definition) is 1. The van der Waals surface area contributed by atoms with Gasteiger partial charge in [0.05, 0.1) is 5.75 Å². The van der Waals surface area contributed by atoms with Crippen LogP contribution in [0.25, 0.3) is 0 Å². The van der Waals surface area contributed by atoms with Crippen LogP contribution in [0.3, 0.4) is 0 Å². The maximum absolute atomic E-state index is 11.8. The topological polar surface area (TPSA) is 59.8 Å². The van der Waals surface area contributed by atoms with Gasteiger partial charge in [0.2, 0.25) is 5.91 Å². The molecule has 0 aliphatic rings. The van der Waals surface area contributed by atoms with Crippen molar-refractivity contribution in [2.75, 3.05) is 12.3 Å². The van der Waals surface area contributed by atoms with Crippen LogP contribution in [0.15, 0.2) is 35.5 Å². The van der Waals surface area contributed by atoms with E-state index in [1.165, 1.54) is 17.3 Å². The molecular weight excluding hydrogens is 320 g/mol. The van der Waals surface area contributed by atoms with Crippen LogP contribution >= 0.6 is 11.8 Å². The van der Waals surface area contributed by atoms with Gasteiger partial charge in [0.25, 0.3) is 0 Å². The molecular formula is C18H26N4OS. The summed E-state index contributed by atoms with van der Waals surface area (Å²) in [5, 5.41) is 12.4. The number of aromatic nitrogens is 3. The number of hydrogen-bond acceptors (Lipinski definition) is 4. The maximum atomic E-state index is 11.8. The van der Waals surface area contributed by atoms with E-state index in [2.05, 4.69) is 51.3 Å². The molecule has 0 bridgehead atoms. The third-order valence-electron chi connectivity index (χ3n) is 3.63. The number of amides is 1. The number of nitrogens with one attached hydrogen (secondary N) is 1. The third-order valence-corrected chi connectivity index (χ3v) is 4.59. The summed E-state index contributed by atoms with van der Waals surface area (Å²) in [7, 11) is 0. The summed E-state index contributed by atoms with van der Waals surface area (Å²) in [6.07, 6.45) is 3.78. The molecule has 1 aromatic heterocycles. The highest BCUT2D eigenvalue weighted by Gasteiger charge is 2.13. The smallest absolute Gasteiger partial charge is 0.230 e. The van der Waals surface area contributed by atoms with Crippen LogP contribution in [0.2, 0.25) is 0 Å². The van der Waals surface area contributed by atoms with Gasteiger partial charge in [-0.05, 0) is 24.8 Å². The summed E-state index contributed by atoms with van der Waals surface area (Å²) in [5.41, 5.74) is 1.30. The van der Waals surface area contributed by atoms with E-state index < -0.39 is 0 Å². The third kappa shape index (κ3) is 5.67. The lowest BCUT2D eigenvalue weighted by Gasteiger charge is -2.09. The first-order valence-corrected chi connectivity index (χ1v) is 9.58. The zero-order valence-electron chi connectivity index (χ0n) is 14.5. The average molecular weight is 347 g/mol. The van der Waals surface area contributed by atoms with Crippen molar-refractivity contribution in [1.29, 1.82) is 0 Å². The predicted molar refractivity (Wildman–Crippen MR) is 98.2 cm³/mol. The van der Waals surface area contributed by atoms with E-state index in [0.717, 1.165) is 49.8 Å². The minimum atomic E-state index is 0.0544. The molecule has 0 unspecified atom stereocenters. The molecule has 1 amide bonds. The molecule has 0 fully saturated rings. The van der Waals surface area contributed by atoms with Crippen molar-refractivity contribution < 1.29 is 4.79 Å². The number of aryl methyl sites for hydroxylation is 2. The molecule has 0 aliphatic carbocycles. The second-order valence-electron chi connectivity index (χ2n) is 5.67. The first-order valence-electron chi connectivity index (χ1n) is 8.60. The molecule has 1 N–H and O–H groups in total. The second kappa shape index (κ2) is 10.1. The Kier molecular flexibility index (Phi) is 7.82. The Balaban J connectivity index is 1.96. The first-order chi connectivity index (χ1) is 11.7. The summed E-state index contributed by atoms with van der Waals surface area (Å²) in [5.74, 6) is 1.44. The van der Waals surface area contributed by atoms with Gasteiger partial charge < -0.3 is 9.88 Å². The van der Waals surface area contributed by atoms with Crippen LogP contribution < -0.4 is 5.32 Å². The highest BCUT2D eigenvalue weighted by atomic mass is 32.2. The molecule has 6 heteroatoms. The van der Waals surface area contributed by atoms with Gasteiger partial charge in [-0.1, -0.05) is 55.9 Å². The van der Waals surface area contributed by atoms with Gasteiger partial charge >= 0.3 is 0 Å². The lowest BCUT2D eigenvalue weighted by molar-refractivity contribution is -0.118. The Morgan fingerprint density at radius 2 is 1.92 bits per heavy atom. The molecule has 1 heterocycles. The van der Waals surface area contributed by atoms with Crippen molar-refractivity contribution in [1.82, 2.24) is 20.1 Å². The van der Waals surface area contributed by atoms with Gasteiger partial charge in [-0.2, -0.15) is 0 Å². The van der Waals surface area contributed by atoms with Crippen molar-refractivity contribution >= 4 is 17.7 Å². The largest absolute Gasteiger partial charge is 0.355 e. The van der Waals surface area contributed by atoms with Gasteiger partial charge in [-0.3, -0.25) is 4.79 Å². The monoisotopic (exact) mass is 346 g/mol. The summed E-state index contributed by atoms with van der Waals surface area (Å²) < 4.78 is 2.15. The van der Waals surface area contributed by atoms with Crippen LogP contribution in [-0.4, -0.2) is 33.0 Å². The highest BCUT2D eigenvalue weighted by Crippen LogP contribution is 2.18. The van der Waals surface area contributed by atoms with Crippen LogP contribution in [0.5, 0.6) is 0 Å². The highest BCUT2D eigenvalue weighted by molar-refractivity contribution is 7.99. The zero-order chi connectivity index (χ0) is 17.2. The van der Waals surface area contributed by atoms with E-state index >= 15 is 0 Å². The molecule has 5 nitrogen and oxygen atoms in total. The molecule has 0 radical (unpaired) electrons. The number of benzene rings is 1. The number of thioether (sulfide) groups is 1. The van der Waals surface area contributed by atoms with E-state index in [9.17, 15) is 4.79 Å². The second-order valence-corrected chi connectivity index (χ2v) is 6.62. The van der Waals surface area contributed by atoms with Crippen molar-refractivity contribution in [3.8, 4) is 0 Å². The van der Waals surface area contributed by atoms with Crippen molar-refractivity contribution in [3.63, 3.8) is 0 Å². The predicted octanol–water partition coefficient (Wildman–Crippen LogP) is 3.09. The molecule has 0 aliphatic heterocycles. The van der Waals surface area contributed by atoms with Crippen LogP contribution in [0, 0.1) is 0 Å². The fraction of sp³-hybridized carbons (Fsp3) is 0.500. The minimum Gasteiger partial charge on any atom is -0.355 e. The fourth-order valence-corrected chi connectivity index (χ4v) is 3.22. The number of nitrogens with zero attached hydrogens (tertiary/aromatic N) is 3. The van der Waals surface area contributed by atoms with Gasteiger partial charge in [0, 0.05) is 19.5 Å². The molecule has 0 saturated heterocycles. The molecule has 24 heavy (non-hydrogen) atoms. The van der Waals surface area contributed by atoms with Crippen LogP contribution in [0.1, 0.15) is 38.1 Å². The molecule has 1 aromatic carbocycles. The summed E-state index contributed by atoms with van der Waals surface area (Å²) in [6, 6.07) is 10.4. The van der Waals surface area contributed by atoms with Gasteiger partial charge in [-0.25, -0.2) is 0 Å². The number of rotatable bonds is 10. The normalized spacial score (nSPS) is 10.8. The Morgan fingerprint density at radius 3 is 2.62 bits per heavy atom. The van der Waals surface area contributed by atoms with E-state index in [-0.39, 0.29) is 5.91 Å². The lowest BCUT2D eigenvalue weighted by Crippen LogP contribution is -2.25. The number of carbonyl (C=O) groups excluding carboxylic acids is 1. The Labute approximate surface area is 148 Å². The summed E-state index contributed by atoms with van der Waals surface area (Å²) in [6.45, 7) is 5.80. The van der Waals surface area contributed by atoms with Gasteiger partial charge in [0.15, 0.2) is 5.16 Å². The quantitative estimate of drug-likeness (QED) is 0.672. The van der Waals surface area contributed by atoms with Gasteiger partial charge in [-0.15, -0.1) is 10.2 Å². The van der Waals surface area contributed by atoms with Crippen molar-refractivity contribution in [2.24, 2.45) is 0 Å². The van der Waals surface area contributed by atoms with Crippen molar-refractivity contribution in [3.05, 3.63) is 41.7 Å². The summed E-state index contributed by atoms with van der Waals surface area (Å²) >= 11 is 1.47. The summed E-state index contributed by atoms with van der Waals surface area (Å²) in [4.78, 5) is 11.8. The molecule has 2 rings (SSSR count). The minimum absolute atomic E-state index is 0.0544. The number of carbonyl (C=O) groups is 1. The van der Waals surface area contributed by atoms with E-state index in [4.69, 9.17) is 0 Å². The van der Waals surface area contributed by atoms with Crippen LogP contribution in [0.4, 0.5) is 0 Å². The van der Waals surface area contributed by atoms with Gasteiger partial charge in [0.1, 0.15) is 5.82 Å². The lowest BCUT2D eigenvalue weighted by atomic mass is 10.1. The molecule has 0 spiro atoms. The standard InChI is InChI=1S/C18H26N4OS/c1-3-12-19-17(23)14-24-18-21-20-16(22(18)13-4-2)11-10-15-8-6-5-7-9-15/h5-9H,3-4,10-14H2,1-2H3,(H,19,23). The molecule has 0 atom stereocenters. The maximum Gasteiger partial charge on any atom is 0.230 e. The Hall–Kier alpha value is -1.82. The SMILES string of the molecule is CCCNC(=O)CSc1nnc(CCc2ccccc2)n1CCC. The van der Waals surface area contributed by atoms with E-state index in [1.807, 2.05) is 13.0 Å². The fourth-order valence-electron chi connectivity index (χ4n) is 2.41. The molecule has 0 saturated carbocycles. The Morgan fingerprint density at radius 1 is 1.12 bits per heavy atom. The van der Waals surface area contributed by atoms with Crippen molar-refractivity contribution in [2.45, 2.75) is 51.2 Å². The molecule has 2 aromatic rings. The first kappa shape index (κ1) is 18.5. The van der Waals surface area contributed by atoms with E-state index in [1.54, 1.807) is 0 Å². The zero-order valence-corrected chi connectivity index (χ0v) is 15.3. The average Bonchev–Trinajstić information content (AvgIpc) is 2.99. The van der Waals surface area contributed by atoms with E-state index in [0.29, 0.717) is 5.75 Å².